The number of carbonyl (C=O) groups is 2. The Bertz CT molecular complexity index is 608. The first-order valence-electron chi connectivity index (χ1n) is 7.45. The molecule has 132 valence electrons. The van der Waals surface area contributed by atoms with Gasteiger partial charge in [0.25, 0.3) is 5.91 Å². The summed E-state index contributed by atoms with van der Waals surface area (Å²) in [5, 5.41) is 2.58. The van der Waals surface area contributed by atoms with Crippen molar-refractivity contribution < 1.29 is 32.6 Å². The van der Waals surface area contributed by atoms with E-state index in [2.05, 4.69) is 10.1 Å². The lowest BCUT2D eigenvalue weighted by Crippen LogP contribution is -2.28. The number of benzene rings is 1. The van der Waals surface area contributed by atoms with Crippen LogP contribution in [0.1, 0.15) is 18.9 Å². The fourth-order valence-electron chi connectivity index (χ4n) is 2.16. The Kier molecular flexibility index (Phi) is 5.94. The Morgan fingerprint density at radius 2 is 2.04 bits per heavy atom. The molecule has 1 amide bonds. The molecule has 1 aliphatic rings. The fraction of sp³-hybridized carbons (Fsp3) is 0.500. The van der Waals surface area contributed by atoms with Crippen LogP contribution in [0.5, 0.6) is 11.5 Å². The van der Waals surface area contributed by atoms with E-state index in [0.717, 1.165) is 6.42 Å². The maximum absolute atomic E-state index is 12.3. The Labute approximate surface area is 138 Å². The number of hydrogen-bond donors (Lipinski definition) is 1. The number of rotatable bonds is 8. The van der Waals surface area contributed by atoms with Crippen molar-refractivity contribution in [2.75, 3.05) is 13.7 Å². The van der Waals surface area contributed by atoms with Gasteiger partial charge in [0, 0.05) is 6.54 Å². The van der Waals surface area contributed by atoms with Crippen molar-refractivity contribution >= 4 is 11.9 Å². The average molecular weight is 343 g/mol. The van der Waals surface area contributed by atoms with E-state index >= 15 is 0 Å². The molecule has 1 saturated carbocycles. The van der Waals surface area contributed by atoms with E-state index in [1.165, 1.54) is 25.3 Å². The molecule has 2 rings (SSSR count). The summed E-state index contributed by atoms with van der Waals surface area (Å²) >= 11 is 0. The number of esters is 1. The highest BCUT2D eigenvalue weighted by Crippen LogP contribution is 2.38. The minimum atomic E-state index is -2.95. The molecule has 0 saturated heterocycles. The molecule has 0 aromatic heterocycles. The van der Waals surface area contributed by atoms with Crippen LogP contribution in [0.2, 0.25) is 0 Å². The number of ether oxygens (including phenoxy) is 3. The molecule has 0 spiro atoms. The predicted molar refractivity (Wildman–Crippen MR) is 79.7 cm³/mol. The van der Waals surface area contributed by atoms with Crippen molar-refractivity contribution in [3.8, 4) is 11.5 Å². The van der Waals surface area contributed by atoms with E-state index < -0.39 is 12.5 Å². The van der Waals surface area contributed by atoms with E-state index in [1.54, 1.807) is 0 Å². The standard InChI is InChI=1S/C16H19F2NO5/c1-9-5-11(9)15(21)23-8-14(20)19-7-10-3-4-12(24-16(17)18)13(6-10)22-2/h3-4,6,9,11,16H,5,7-8H2,1-2H3,(H,19,20)/t9-,11+/m1/s1. The second-order valence-electron chi connectivity index (χ2n) is 5.57. The predicted octanol–water partition coefficient (Wildman–Crippen LogP) is 2.11. The normalized spacial score (nSPS) is 18.9. The first-order valence-corrected chi connectivity index (χ1v) is 7.45. The molecule has 24 heavy (non-hydrogen) atoms. The molecular weight excluding hydrogens is 324 g/mol. The third-order valence-electron chi connectivity index (χ3n) is 3.69. The highest BCUT2D eigenvalue weighted by molar-refractivity contribution is 5.82. The third-order valence-corrected chi connectivity index (χ3v) is 3.69. The second kappa shape index (κ2) is 7.94. The van der Waals surface area contributed by atoms with Crippen molar-refractivity contribution in [2.24, 2.45) is 11.8 Å². The minimum absolute atomic E-state index is 0.0879. The summed E-state index contributed by atoms with van der Waals surface area (Å²) < 4.78 is 38.7. The number of methoxy groups -OCH3 is 1. The molecule has 1 aromatic rings. The first-order chi connectivity index (χ1) is 11.4. The largest absolute Gasteiger partial charge is 0.493 e. The number of alkyl halides is 2. The van der Waals surface area contributed by atoms with Gasteiger partial charge in [-0.3, -0.25) is 9.59 Å². The zero-order chi connectivity index (χ0) is 17.7. The van der Waals surface area contributed by atoms with Crippen LogP contribution in [-0.2, 0) is 20.9 Å². The van der Waals surface area contributed by atoms with E-state index in [4.69, 9.17) is 9.47 Å². The number of halogens is 2. The van der Waals surface area contributed by atoms with Gasteiger partial charge >= 0.3 is 12.6 Å². The fourth-order valence-corrected chi connectivity index (χ4v) is 2.16. The Hall–Kier alpha value is -2.38. The van der Waals surface area contributed by atoms with Crippen LogP contribution in [0.3, 0.4) is 0 Å². The molecule has 1 aliphatic carbocycles. The third kappa shape index (κ3) is 5.07. The van der Waals surface area contributed by atoms with Crippen LogP contribution in [-0.4, -0.2) is 32.2 Å². The molecule has 2 atom stereocenters. The van der Waals surface area contributed by atoms with E-state index in [1.807, 2.05) is 6.92 Å². The van der Waals surface area contributed by atoms with Crippen LogP contribution < -0.4 is 14.8 Å². The Morgan fingerprint density at radius 1 is 1.33 bits per heavy atom. The topological polar surface area (TPSA) is 73.9 Å². The Balaban J connectivity index is 1.80. The molecule has 0 unspecified atom stereocenters. The lowest BCUT2D eigenvalue weighted by atomic mass is 10.2. The summed E-state index contributed by atoms with van der Waals surface area (Å²) in [7, 11) is 1.33. The number of amides is 1. The molecule has 0 heterocycles. The van der Waals surface area contributed by atoms with Crippen LogP contribution in [0.4, 0.5) is 8.78 Å². The van der Waals surface area contributed by atoms with E-state index in [0.29, 0.717) is 11.5 Å². The molecule has 0 bridgehead atoms. The molecule has 0 aliphatic heterocycles. The van der Waals surface area contributed by atoms with Gasteiger partial charge in [0.1, 0.15) is 0 Å². The molecule has 1 N–H and O–H groups in total. The molecule has 8 heteroatoms. The number of nitrogens with one attached hydrogen (secondary N) is 1. The van der Waals surface area contributed by atoms with Crippen molar-refractivity contribution in [1.82, 2.24) is 5.32 Å². The molecule has 6 nitrogen and oxygen atoms in total. The van der Waals surface area contributed by atoms with Crippen LogP contribution in [0, 0.1) is 11.8 Å². The van der Waals surface area contributed by atoms with Gasteiger partial charge in [0.05, 0.1) is 13.0 Å². The van der Waals surface area contributed by atoms with E-state index in [9.17, 15) is 18.4 Å². The van der Waals surface area contributed by atoms with Gasteiger partial charge in [0.15, 0.2) is 18.1 Å². The zero-order valence-corrected chi connectivity index (χ0v) is 13.4. The monoisotopic (exact) mass is 343 g/mol. The first kappa shape index (κ1) is 18.0. The van der Waals surface area contributed by atoms with Crippen molar-refractivity contribution in [2.45, 2.75) is 26.5 Å². The minimum Gasteiger partial charge on any atom is -0.493 e. The quantitative estimate of drug-likeness (QED) is 0.732. The smallest absolute Gasteiger partial charge is 0.387 e. The number of carbonyl (C=O) groups excluding carboxylic acids is 2. The molecular formula is C16H19F2NO5. The van der Waals surface area contributed by atoms with Gasteiger partial charge in [-0.05, 0) is 30.0 Å². The summed E-state index contributed by atoms with van der Waals surface area (Å²) in [6.07, 6.45) is 0.799. The Morgan fingerprint density at radius 3 is 2.62 bits per heavy atom. The summed E-state index contributed by atoms with van der Waals surface area (Å²) in [5.74, 6) is -0.519. The molecule has 1 aromatic carbocycles. The molecule has 0 radical (unpaired) electrons. The average Bonchev–Trinajstić information content (AvgIpc) is 3.28. The van der Waals surface area contributed by atoms with Crippen molar-refractivity contribution in [3.05, 3.63) is 23.8 Å². The maximum Gasteiger partial charge on any atom is 0.387 e. The van der Waals surface area contributed by atoms with Crippen LogP contribution in [0.25, 0.3) is 0 Å². The highest BCUT2D eigenvalue weighted by Gasteiger charge is 2.40. The van der Waals surface area contributed by atoms with Gasteiger partial charge in [-0.2, -0.15) is 8.78 Å². The number of hydrogen-bond acceptors (Lipinski definition) is 5. The van der Waals surface area contributed by atoms with Gasteiger partial charge in [-0.1, -0.05) is 13.0 Å². The van der Waals surface area contributed by atoms with Gasteiger partial charge < -0.3 is 19.5 Å². The maximum atomic E-state index is 12.3. The SMILES string of the molecule is COc1cc(CNC(=O)COC(=O)[C@H]2C[C@H]2C)ccc1OC(F)F. The van der Waals surface area contributed by atoms with Crippen LogP contribution in [0.15, 0.2) is 18.2 Å². The molecule has 1 fully saturated rings. The van der Waals surface area contributed by atoms with Crippen molar-refractivity contribution in [3.63, 3.8) is 0 Å². The summed E-state index contributed by atoms with van der Waals surface area (Å²) in [4.78, 5) is 23.2. The zero-order valence-electron chi connectivity index (χ0n) is 13.4. The van der Waals surface area contributed by atoms with Gasteiger partial charge in [-0.15, -0.1) is 0 Å². The highest BCUT2D eigenvalue weighted by atomic mass is 19.3. The summed E-state index contributed by atoms with van der Waals surface area (Å²) in [6, 6.07) is 4.34. The lowest BCUT2D eigenvalue weighted by Gasteiger charge is -2.12. The summed E-state index contributed by atoms with van der Waals surface area (Å²) in [5.41, 5.74) is 0.629. The lowest BCUT2D eigenvalue weighted by molar-refractivity contribution is -0.150. The van der Waals surface area contributed by atoms with Crippen LogP contribution >= 0.6 is 0 Å². The van der Waals surface area contributed by atoms with Crippen molar-refractivity contribution in [1.29, 1.82) is 0 Å². The van der Waals surface area contributed by atoms with E-state index in [-0.39, 0.29) is 36.5 Å². The summed E-state index contributed by atoms with van der Waals surface area (Å²) in [6.45, 7) is -1.21. The van der Waals surface area contributed by atoms with Gasteiger partial charge in [0.2, 0.25) is 0 Å². The van der Waals surface area contributed by atoms with Gasteiger partial charge in [-0.25, -0.2) is 0 Å². The second-order valence-corrected chi connectivity index (χ2v) is 5.57.